The molecule has 2 fully saturated rings. The van der Waals surface area contributed by atoms with E-state index in [0.29, 0.717) is 13.0 Å². The first-order chi connectivity index (χ1) is 19.4. The fraction of sp³-hybridized carbons (Fsp3) is 0.548. The minimum atomic E-state index is -0.543. The van der Waals surface area contributed by atoms with Crippen LogP contribution in [0.1, 0.15) is 68.6 Å². The molecule has 2 aromatic rings. The lowest BCUT2D eigenvalue weighted by Gasteiger charge is -2.43. The third-order valence-electron chi connectivity index (χ3n) is 7.59. The van der Waals surface area contributed by atoms with Gasteiger partial charge in [0.05, 0.1) is 32.0 Å². The monoisotopic (exact) mass is 553 g/mol. The van der Waals surface area contributed by atoms with Crippen molar-refractivity contribution in [3.05, 3.63) is 65.2 Å². The van der Waals surface area contributed by atoms with Crippen LogP contribution in [0.2, 0.25) is 0 Å². The van der Waals surface area contributed by atoms with Crippen molar-refractivity contribution in [2.75, 3.05) is 44.7 Å². The van der Waals surface area contributed by atoms with Crippen LogP contribution in [0.15, 0.2) is 48.5 Å². The molecule has 4 atom stereocenters. The predicted octanol–water partition coefficient (Wildman–Crippen LogP) is 3.94. The molecule has 4 rings (SSSR count). The van der Waals surface area contributed by atoms with Gasteiger partial charge in [0, 0.05) is 56.7 Å². The number of aliphatic hydroxyl groups is 1. The summed E-state index contributed by atoms with van der Waals surface area (Å²) in [5, 5.41) is 15.2. The fourth-order valence-electron chi connectivity index (χ4n) is 5.17. The van der Waals surface area contributed by atoms with Crippen LogP contribution < -0.4 is 10.6 Å². The van der Waals surface area contributed by atoms with Crippen molar-refractivity contribution in [2.45, 2.75) is 64.6 Å². The minimum Gasteiger partial charge on any atom is -0.392 e. The summed E-state index contributed by atoms with van der Waals surface area (Å²) in [4.78, 5) is 25.7. The van der Waals surface area contributed by atoms with Crippen molar-refractivity contribution in [1.29, 1.82) is 0 Å². The van der Waals surface area contributed by atoms with E-state index in [1.54, 1.807) is 0 Å². The number of ether oxygens (including phenoxy) is 3. The van der Waals surface area contributed by atoms with Gasteiger partial charge in [-0.25, -0.2) is 0 Å². The zero-order valence-electron chi connectivity index (χ0n) is 23.6. The summed E-state index contributed by atoms with van der Waals surface area (Å²) in [6.45, 7) is 8.37. The Hall–Kier alpha value is -2.82. The van der Waals surface area contributed by atoms with Crippen LogP contribution in [0.5, 0.6) is 0 Å². The molecule has 0 unspecified atom stereocenters. The van der Waals surface area contributed by atoms with Crippen LogP contribution in [0, 0.1) is 5.92 Å². The van der Waals surface area contributed by atoms with Gasteiger partial charge in [0.2, 0.25) is 11.8 Å². The Balaban J connectivity index is 1.38. The van der Waals surface area contributed by atoms with Gasteiger partial charge in [-0.05, 0) is 36.1 Å². The van der Waals surface area contributed by atoms with Crippen molar-refractivity contribution < 1.29 is 28.9 Å². The number of rotatable bonds is 12. The SMILES string of the molecule is CC(=O)NCCCCCC(=O)Nc1ccc([C@H]2O[C@@H](CN3CCOCC3)[C@@H](C)[C@@H](c3ccc(CO)cc3)O2)cc1. The topological polar surface area (TPSA) is 109 Å². The Kier molecular flexibility index (Phi) is 11.5. The highest BCUT2D eigenvalue weighted by Crippen LogP contribution is 2.42. The Morgan fingerprint density at radius 3 is 2.33 bits per heavy atom. The van der Waals surface area contributed by atoms with Crippen LogP contribution in [0.3, 0.4) is 0 Å². The van der Waals surface area contributed by atoms with E-state index in [1.165, 1.54) is 6.92 Å². The molecule has 9 nitrogen and oxygen atoms in total. The summed E-state index contributed by atoms with van der Waals surface area (Å²) in [5.74, 6) is 0.0682. The lowest BCUT2D eigenvalue weighted by Crippen LogP contribution is -2.47. The molecule has 2 amide bonds. The molecular weight excluding hydrogens is 510 g/mol. The van der Waals surface area contributed by atoms with E-state index in [-0.39, 0.29) is 36.5 Å². The molecule has 0 radical (unpaired) electrons. The molecule has 3 N–H and O–H groups in total. The standard InChI is InChI=1S/C31H43N3O6/c1-22-28(20-34-16-18-38-19-17-34)39-31(40-30(22)25-9-7-24(21-35)8-10-25)26-11-13-27(14-12-26)33-29(37)6-4-3-5-15-32-23(2)36/h7-14,22,28,30-31,35H,3-6,15-21H2,1-2H3,(H,32,36)(H,33,37)/t22-,28+,30+,31+/m1/s1. The number of benzene rings is 2. The van der Waals surface area contributed by atoms with Gasteiger partial charge in [0.15, 0.2) is 6.29 Å². The van der Waals surface area contributed by atoms with Gasteiger partial charge in [-0.3, -0.25) is 14.5 Å². The van der Waals surface area contributed by atoms with Crippen molar-refractivity contribution in [3.8, 4) is 0 Å². The largest absolute Gasteiger partial charge is 0.392 e. The van der Waals surface area contributed by atoms with Crippen molar-refractivity contribution in [1.82, 2.24) is 10.2 Å². The molecule has 0 saturated carbocycles. The number of unbranched alkanes of at least 4 members (excludes halogenated alkanes) is 2. The van der Waals surface area contributed by atoms with Crippen LogP contribution in [0.4, 0.5) is 5.69 Å². The first-order valence-electron chi connectivity index (χ1n) is 14.4. The summed E-state index contributed by atoms with van der Waals surface area (Å²) in [6.07, 6.45) is 2.22. The van der Waals surface area contributed by atoms with Crippen LogP contribution in [-0.4, -0.2) is 67.3 Å². The van der Waals surface area contributed by atoms with Gasteiger partial charge < -0.3 is 30.0 Å². The molecular formula is C31H43N3O6. The Morgan fingerprint density at radius 1 is 0.950 bits per heavy atom. The normalized spacial score (nSPS) is 23.5. The second kappa shape index (κ2) is 15.3. The van der Waals surface area contributed by atoms with Crippen molar-refractivity contribution in [3.63, 3.8) is 0 Å². The van der Waals surface area contributed by atoms with E-state index in [1.807, 2.05) is 48.5 Å². The van der Waals surface area contributed by atoms with E-state index in [4.69, 9.17) is 14.2 Å². The fourth-order valence-corrected chi connectivity index (χ4v) is 5.17. The van der Waals surface area contributed by atoms with Gasteiger partial charge in [-0.1, -0.05) is 49.7 Å². The van der Waals surface area contributed by atoms with Crippen molar-refractivity contribution in [2.24, 2.45) is 5.92 Å². The molecule has 40 heavy (non-hydrogen) atoms. The number of aliphatic hydroxyl groups excluding tert-OH is 1. The highest BCUT2D eigenvalue weighted by Gasteiger charge is 2.39. The van der Waals surface area contributed by atoms with E-state index in [9.17, 15) is 14.7 Å². The number of carbonyl (C=O) groups excluding carboxylic acids is 2. The van der Waals surface area contributed by atoms with Gasteiger partial charge >= 0.3 is 0 Å². The Bertz CT molecular complexity index is 1070. The number of amides is 2. The highest BCUT2D eigenvalue weighted by molar-refractivity contribution is 5.90. The molecule has 9 heteroatoms. The third kappa shape index (κ3) is 8.84. The van der Waals surface area contributed by atoms with Crippen LogP contribution in [-0.2, 0) is 30.4 Å². The van der Waals surface area contributed by atoms with Crippen molar-refractivity contribution >= 4 is 17.5 Å². The van der Waals surface area contributed by atoms with Crippen LogP contribution in [0.25, 0.3) is 0 Å². The minimum absolute atomic E-state index is 0.00817. The maximum atomic E-state index is 12.4. The van der Waals surface area contributed by atoms with Gasteiger partial charge in [0.25, 0.3) is 0 Å². The summed E-state index contributed by atoms with van der Waals surface area (Å²) >= 11 is 0. The molecule has 2 heterocycles. The number of anilines is 1. The number of hydrogen-bond donors (Lipinski definition) is 3. The third-order valence-corrected chi connectivity index (χ3v) is 7.59. The molecule has 218 valence electrons. The maximum absolute atomic E-state index is 12.4. The molecule has 0 spiro atoms. The predicted molar refractivity (Wildman–Crippen MR) is 152 cm³/mol. The quantitative estimate of drug-likeness (QED) is 0.342. The zero-order valence-corrected chi connectivity index (χ0v) is 23.6. The Labute approximate surface area is 237 Å². The lowest BCUT2D eigenvalue weighted by atomic mass is 9.90. The molecule has 2 aromatic carbocycles. The maximum Gasteiger partial charge on any atom is 0.224 e. The second-order valence-electron chi connectivity index (χ2n) is 10.7. The lowest BCUT2D eigenvalue weighted by molar-refractivity contribution is -0.277. The highest BCUT2D eigenvalue weighted by atomic mass is 16.7. The molecule has 2 aliphatic heterocycles. The molecule has 0 aromatic heterocycles. The van der Waals surface area contributed by atoms with Crippen LogP contribution >= 0.6 is 0 Å². The first-order valence-corrected chi connectivity index (χ1v) is 14.4. The zero-order chi connectivity index (χ0) is 28.3. The number of hydrogen-bond acceptors (Lipinski definition) is 7. The van der Waals surface area contributed by atoms with E-state index in [0.717, 1.165) is 74.5 Å². The Morgan fingerprint density at radius 2 is 1.65 bits per heavy atom. The average molecular weight is 554 g/mol. The first kappa shape index (κ1) is 30.1. The molecule has 2 saturated heterocycles. The van der Waals surface area contributed by atoms with Gasteiger partial charge in [0.1, 0.15) is 0 Å². The van der Waals surface area contributed by atoms with E-state index >= 15 is 0 Å². The van der Waals surface area contributed by atoms with E-state index in [2.05, 4.69) is 22.5 Å². The summed E-state index contributed by atoms with van der Waals surface area (Å²) in [6, 6.07) is 15.6. The number of nitrogens with one attached hydrogen (secondary N) is 2. The van der Waals surface area contributed by atoms with E-state index < -0.39 is 6.29 Å². The van der Waals surface area contributed by atoms with Gasteiger partial charge in [-0.15, -0.1) is 0 Å². The summed E-state index contributed by atoms with van der Waals surface area (Å²) in [7, 11) is 0. The number of nitrogens with zero attached hydrogens (tertiary/aromatic N) is 1. The molecule has 0 bridgehead atoms. The van der Waals surface area contributed by atoms with Gasteiger partial charge in [-0.2, -0.15) is 0 Å². The molecule has 2 aliphatic rings. The second-order valence-corrected chi connectivity index (χ2v) is 10.7. The number of morpholine rings is 1. The number of carbonyl (C=O) groups is 2. The summed E-state index contributed by atoms with van der Waals surface area (Å²) in [5.41, 5.74) is 3.56. The molecule has 0 aliphatic carbocycles. The smallest absolute Gasteiger partial charge is 0.224 e. The summed E-state index contributed by atoms with van der Waals surface area (Å²) < 4.78 is 18.6. The average Bonchev–Trinajstić information content (AvgIpc) is 2.97.